The molecule has 0 bridgehead atoms. The van der Waals surface area contributed by atoms with Crippen molar-refractivity contribution in [2.75, 3.05) is 11.1 Å². The Balaban J connectivity index is 2.31. The van der Waals surface area contributed by atoms with Gasteiger partial charge in [0.05, 0.1) is 17.4 Å². The van der Waals surface area contributed by atoms with Gasteiger partial charge >= 0.3 is 0 Å². The van der Waals surface area contributed by atoms with Gasteiger partial charge in [0.1, 0.15) is 11.0 Å². The number of nitrogens with one attached hydrogen (secondary N) is 1. The summed E-state index contributed by atoms with van der Waals surface area (Å²) in [6, 6.07) is 5.81. The molecule has 1 amide bonds. The quantitative estimate of drug-likeness (QED) is 0.830. The molecule has 4 nitrogen and oxygen atoms in total. The lowest BCUT2D eigenvalue weighted by atomic mass is 10.1. The number of pyridine rings is 1. The highest BCUT2D eigenvalue weighted by Crippen LogP contribution is 2.20. The molecule has 19 heavy (non-hydrogen) atoms. The maximum atomic E-state index is 13.4. The average molecular weight is 280 g/mol. The summed E-state index contributed by atoms with van der Waals surface area (Å²) in [6.07, 6.45) is 1.30. The number of nitrogen functional groups attached to an aromatic ring is 1. The van der Waals surface area contributed by atoms with E-state index in [0.29, 0.717) is 11.3 Å². The summed E-state index contributed by atoms with van der Waals surface area (Å²) in [5, 5.41) is 2.75. The third-order valence-electron chi connectivity index (χ3n) is 2.66. The molecule has 0 aliphatic heterocycles. The van der Waals surface area contributed by atoms with Crippen LogP contribution < -0.4 is 11.1 Å². The number of anilines is 2. The van der Waals surface area contributed by atoms with Crippen molar-refractivity contribution in [3.05, 3.63) is 52.6 Å². The minimum atomic E-state index is -0.462. The van der Waals surface area contributed by atoms with Crippen LogP contribution in [-0.4, -0.2) is 10.9 Å². The van der Waals surface area contributed by atoms with Gasteiger partial charge in [0, 0.05) is 11.3 Å². The van der Waals surface area contributed by atoms with E-state index in [1.54, 1.807) is 13.0 Å². The monoisotopic (exact) mass is 279 g/mol. The molecule has 0 aliphatic carbocycles. The van der Waals surface area contributed by atoms with Crippen molar-refractivity contribution in [1.82, 2.24) is 4.98 Å². The normalized spacial score (nSPS) is 10.3. The molecule has 2 aromatic rings. The van der Waals surface area contributed by atoms with E-state index in [9.17, 15) is 9.18 Å². The van der Waals surface area contributed by atoms with Crippen LogP contribution in [0.2, 0.25) is 5.15 Å². The second-order valence-electron chi connectivity index (χ2n) is 3.96. The molecule has 6 heteroatoms. The molecule has 2 rings (SSSR count). The fourth-order valence-corrected chi connectivity index (χ4v) is 1.73. The second kappa shape index (κ2) is 5.24. The van der Waals surface area contributed by atoms with Gasteiger partial charge < -0.3 is 11.1 Å². The highest BCUT2D eigenvalue weighted by Gasteiger charge is 2.13. The zero-order valence-electron chi connectivity index (χ0n) is 10.1. The number of nitrogens with zero attached hydrogens (tertiary/aromatic N) is 1. The molecule has 98 valence electrons. The van der Waals surface area contributed by atoms with Gasteiger partial charge in [-0.3, -0.25) is 4.79 Å². The summed E-state index contributed by atoms with van der Waals surface area (Å²) < 4.78 is 13.4. The summed E-state index contributed by atoms with van der Waals surface area (Å²) in [5.41, 5.74) is 6.80. The number of nitrogens with two attached hydrogens (primary N) is 1. The van der Waals surface area contributed by atoms with Crippen molar-refractivity contribution in [3.63, 3.8) is 0 Å². The van der Waals surface area contributed by atoms with Gasteiger partial charge in [0.25, 0.3) is 5.91 Å². The predicted molar refractivity (Wildman–Crippen MR) is 72.7 cm³/mol. The van der Waals surface area contributed by atoms with E-state index < -0.39 is 11.7 Å². The van der Waals surface area contributed by atoms with Crippen molar-refractivity contribution in [2.24, 2.45) is 0 Å². The van der Waals surface area contributed by atoms with Crippen LogP contribution in [-0.2, 0) is 0 Å². The first-order valence-corrected chi connectivity index (χ1v) is 5.84. The number of carbonyl (C=O) groups is 1. The Hall–Kier alpha value is -2.14. The molecule has 0 fully saturated rings. The largest absolute Gasteiger partial charge is 0.397 e. The maximum Gasteiger partial charge on any atom is 0.257 e. The number of amides is 1. The van der Waals surface area contributed by atoms with Crippen molar-refractivity contribution in [3.8, 4) is 0 Å². The molecule has 0 saturated carbocycles. The Kier molecular flexibility index (Phi) is 3.66. The first-order valence-electron chi connectivity index (χ1n) is 5.46. The average Bonchev–Trinajstić information content (AvgIpc) is 2.38. The topological polar surface area (TPSA) is 68.0 Å². The van der Waals surface area contributed by atoms with Crippen LogP contribution in [0.25, 0.3) is 0 Å². The number of hydrogen-bond donors (Lipinski definition) is 2. The molecule has 0 spiro atoms. The Morgan fingerprint density at radius 3 is 2.95 bits per heavy atom. The lowest BCUT2D eigenvalue weighted by Crippen LogP contribution is -2.15. The fraction of sp³-hybridized carbons (Fsp3) is 0.0769. The Bertz CT molecular complexity index is 646. The molecule has 0 saturated heterocycles. The summed E-state index contributed by atoms with van der Waals surface area (Å²) in [5.74, 6) is -0.853. The van der Waals surface area contributed by atoms with E-state index in [1.807, 2.05) is 0 Å². The first-order chi connectivity index (χ1) is 8.99. The van der Waals surface area contributed by atoms with Gasteiger partial charge in [-0.2, -0.15) is 0 Å². The molecule has 3 N–H and O–H groups in total. The van der Waals surface area contributed by atoms with Gasteiger partial charge in [-0.1, -0.05) is 17.7 Å². The van der Waals surface area contributed by atoms with E-state index in [-0.39, 0.29) is 16.4 Å². The first kappa shape index (κ1) is 13.3. The third-order valence-corrected chi connectivity index (χ3v) is 2.87. The van der Waals surface area contributed by atoms with E-state index in [4.69, 9.17) is 17.3 Å². The predicted octanol–water partition coefficient (Wildman–Crippen LogP) is 3.02. The lowest BCUT2D eigenvalue weighted by Gasteiger charge is -2.10. The number of hydrogen-bond acceptors (Lipinski definition) is 3. The van der Waals surface area contributed by atoms with Crippen molar-refractivity contribution in [2.45, 2.75) is 6.92 Å². The van der Waals surface area contributed by atoms with Crippen LogP contribution >= 0.6 is 11.6 Å². The van der Waals surface area contributed by atoms with Crippen LogP contribution in [0.3, 0.4) is 0 Å². The minimum Gasteiger partial charge on any atom is -0.397 e. The van der Waals surface area contributed by atoms with E-state index in [0.717, 1.165) is 0 Å². The fourth-order valence-electron chi connectivity index (χ4n) is 1.57. The van der Waals surface area contributed by atoms with Crippen LogP contribution in [0.5, 0.6) is 0 Å². The van der Waals surface area contributed by atoms with Crippen LogP contribution in [0.15, 0.2) is 30.5 Å². The van der Waals surface area contributed by atoms with Gasteiger partial charge in [0.2, 0.25) is 0 Å². The van der Waals surface area contributed by atoms with E-state index in [1.165, 1.54) is 24.4 Å². The SMILES string of the molecule is Cc1c(F)cccc1NC(=O)c1cc(Cl)ncc1N. The molecular formula is C13H11ClFN3O. The van der Waals surface area contributed by atoms with Crippen LogP contribution in [0.1, 0.15) is 15.9 Å². The molecule has 1 heterocycles. The second-order valence-corrected chi connectivity index (χ2v) is 4.35. The van der Waals surface area contributed by atoms with E-state index in [2.05, 4.69) is 10.3 Å². The number of carbonyl (C=O) groups excluding carboxylic acids is 1. The van der Waals surface area contributed by atoms with Crippen LogP contribution in [0, 0.1) is 12.7 Å². The van der Waals surface area contributed by atoms with Crippen LogP contribution in [0.4, 0.5) is 15.8 Å². The van der Waals surface area contributed by atoms with Gasteiger partial charge in [0.15, 0.2) is 0 Å². The molecule has 1 aromatic heterocycles. The summed E-state index contributed by atoms with van der Waals surface area (Å²) in [6.45, 7) is 1.58. The number of aromatic nitrogens is 1. The minimum absolute atomic E-state index is 0.162. The zero-order valence-corrected chi connectivity index (χ0v) is 10.8. The third kappa shape index (κ3) is 2.82. The number of rotatable bonds is 2. The van der Waals surface area contributed by atoms with Crippen molar-refractivity contribution < 1.29 is 9.18 Å². The number of benzene rings is 1. The lowest BCUT2D eigenvalue weighted by molar-refractivity contribution is 0.102. The Morgan fingerprint density at radius 1 is 1.47 bits per heavy atom. The molecule has 0 radical (unpaired) electrons. The summed E-state index contributed by atoms with van der Waals surface area (Å²) in [7, 11) is 0. The Labute approximate surface area is 114 Å². The molecular weight excluding hydrogens is 269 g/mol. The molecule has 0 atom stereocenters. The van der Waals surface area contributed by atoms with E-state index >= 15 is 0 Å². The van der Waals surface area contributed by atoms with Crippen molar-refractivity contribution >= 4 is 28.9 Å². The maximum absolute atomic E-state index is 13.4. The van der Waals surface area contributed by atoms with Gasteiger partial charge in [-0.15, -0.1) is 0 Å². The smallest absolute Gasteiger partial charge is 0.257 e. The summed E-state index contributed by atoms with van der Waals surface area (Å²) in [4.78, 5) is 15.8. The zero-order chi connectivity index (χ0) is 14.0. The van der Waals surface area contributed by atoms with Gasteiger partial charge in [-0.25, -0.2) is 9.37 Å². The molecule has 0 aliphatic rings. The molecule has 1 aromatic carbocycles. The van der Waals surface area contributed by atoms with Gasteiger partial charge in [-0.05, 0) is 25.1 Å². The number of halogens is 2. The summed E-state index contributed by atoms with van der Waals surface area (Å²) >= 11 is 5.71. The highest BCUT2D eigenvalue weighted by molar-refractivity contribution is 6.30. The molecule has 0 unspecified atom stereocenters. The van der Waals surface area contributed by atoms with Crippen molar-refractivity contribution in [1.29, 1.82) is 0 Å². The Morgan fingerprint density at radius 2 is 2.21 bits per heavy atom. The highest BCUT2D eigenvalue weighted by atomic mass is 35.5. The standard InChI is InChI=1S/C13H11ClFN3O/c1-7-9(15)3-2-4-11(7)18-13(19)8-5-12(14)17-6-10(8)16/h2-6H,16H2,1H3,(H,18,19).